The lowest BCUT2D eigenvalue weighted by atomic mass is 9.93. The van der Waals surface area contributed by atoms with Gasteiger partial charge < -0.3 is 10.2 Å². The molecule has 0 aromatic carbocycles. The summed E-state index contributed by atoms with van der Waals surface area (Å²) >= 11 is 0. The van der Waals surface area contributed by atoms with Gasteiger partial charge >= 0.3 is 0 Å². The standard InChI is InChI=1S/C14H20N4O2/c1-3-12-11-7-15-6-10(11)8-17(12)14-4-13(18(19)20)9(2)5-16-14/h4-5,10-12,15H,3,6-8H2,1-2H3. The van der Waals surface area contributed by atoms with Crippen molar-refractivity contribution in [2.24, 2.45) is 11.8 Å². The van der Waals surface area contributed by atoms with E-state index in [0.29, 0.717) is 23.4 Å². The van der Waals surface area contributed by atoms with E-state index in [1.54, 1.807) is 19.2 Å². The van der Waals surface area contributed by atoms with Crippen LogP contribution >= 0.6 is 0 Å². The number of nitrogens with zero attached hydrogens (tertiary/aromatic N) is 3. The van der Waals surface area contributed by atoms with Crippen LogP contribution in [-0.4, -0.2) is 35.6 Å². The second kappa shape index (κ2) is 5.01. The molecule has 6 heteroatoms. The van der Waals surface area contributed by atoms with Crippen molar-refractivity contribution in [1.29, 1.82) is 0 Å². The van der Waals surface area contributed by atoms with E-state index in [1.807, 2.05) is 0 Å². The molecule has 3 atom stereocenters. The van der Waals surface area contributed by atoms with Gasteiger partial charge in [0.15, 0.2) is 0 Å². The smallest absolute Gasteiger partial charge is 0.277 e. The van der Waals surface area contributed by atoms with Gasteiger partial charge in [0.1, 0.15) is 5.82 Å². The number of fused-ring (bicyclic) bond motifs is 1. The van der Waals surface area contributed by atoms with Gasteiger partial charge in [-0.25, -0.2) is 4.98 Å². The Hall–Kier alpha value is -1.69. The molecular weight excluding hydrogens is 256 g/mol. The van der Waals surface area contributed by atoms with Crippen LogP contribution < -0.4 is 10.2 Å². The average molecular weight is 276 g/mol. The van der Waals surface area contributed by atoms with E-state index in [1.165, 1.54) is 0 Å². The first-order valence-electron chi connectivity index (χ1n) is 7.20. The van der Waals surface area contributed by atoms with Crippen LogP contribution in [0.1, 0.15) is 18.9 Å². The SMILES string of the molecule is CCC1C2CNCC2CN1c1cc([N+](=O)[O-])c(C)cn1. The van der Waals surface area contributed by atoms with Gasteiger partial charge in [-0.2, -0.15) is 0 Å². The summed E-state index contributed by atoms with van der Waals surface area (Å²) in [5.41, 5.74) is 0.785. The third-order valence-corrected chi connectivity index (χ3v) is 4.69. The van der Waals surface area contributed by atoms with E-state index >= 15 is 0 Å². The van der Waals surface area contributed by atoms with Crippen molar-refractivity contribution in [3.63, 3.8) is 0 Å². The molecule has 108 valence electrons. The predicted molar refractivity (Wildman–Crippen MR) is 76.9 cm³/mol. The molecule has 2 fully saturated rings. The fourth-order valence-corrected chi connectivity index (χ4v) is 3.67. The molecule has 1 N–H and O–H groups in total. The number of aryl methyl sites for hydroxylation is 1. The van der Waals surface area contributed by atoms with Crippen LogP contribution in [0.3, 0.4) is 0 Å². The van der Waals surface area contributed by atoms with E-state index < -0.39 is 0 Å². The summed E-state index contributed by atoms with van der Waals surface area (Å²) in [5, 5.41) is 14.5. The van der Waals surface area contributed by atoms with Crippen LogP contribution in [0.4, 0.5) is 11.5 Å². The second-order valence-corrected chi connectivity index (χ2v) is 5.80. The third-order valence-electron chi connectivity index (χ3n) is 4.69. The minimum Gasteiger partial charge on any atom is -0.353 e. The Morgan fingerprint density at radius 3 is 3.05 bits per heavy atom. The van der Waals surface area contributed by atoms with E-state index in [4.69, 9.17) is 0 Å². The van der Waals surface area contributed by atoms with E-state index in [-0.39, 0.29) is 10.6 Å². The topological polar surface area (TPSA) is 71.3 Å². The van der Waals surface area contributed by atoms with Gasteiger partial charge in [-0.1, -0.05) is 6.92 Å². The zero-order chi connectivity index (χ0) is 14.3. The number of hydrogen-bond donors (Lipinski definition) is 1. The summed E-state index contributed by atoms with van der Waals surface area (Å²) in [5.74, 6) is 2.04. The molecule has 20 heavy (non-hydrogen) atoms. The van der Waals surface area contributed by atoms with E-state index in [9.17, 15) is 10.1 Å². The molecule has 6 nitrogen and oxygen atoms in total. The van der Waals surface area contributed by atoms with Crippen molar-refractivity contribution in [2.75, 3.05) is 24.5 Å². The first kappa shape index (κ1) is 13.3. The lowest BCUT2D eigenvalue weighted by molar-refractivity contribution is -0.385. The number of rotatable bonds is 3. The first-order valence-corrected chi connectivity index (χ1v) is 7.20. The maximum absolute atomic E-state index is 11.1. The molecule has 3 unspecified atom stereocenters. The zero-order valence-corrected chi connectivity index (χ0v) is 11.9. The Kier molecular flexibility index (Phi) is 3.33. The van der Waals surface area contributed by atoms with Crippen molar-refractivity contribution in [2.45, 2.75) is 26.3 Å². The summed E-state index contributed by atoms with van der Waals surface area (Å²) in [4.78, 5) is 17.5. The van der Waals surface area contributed by atoms with Gasteiger partial charge in [0.05, 0.1) is 11.0 Å². The Morgan fingerprint density at radius 1 is 1.55 bits per heavy atom. The quantitative estimate of drug-likeness (QED) is 0.672. The highest BCUT2D eigenvalue weighted by Gasteiger charge is 2.43. The summed E-state index contributed by atoms with van der Waals surface area (Å²) < 4.78 is 0. The highest BCUT2D eigenvalue weighted by atomic mass is 16.6. The first-order chi connectivity index (χ1) is 9.61. The van der Waals surface area contributed by atoms with Crippen LogP contribution in [0, 0.1) is 28.9 Å². The normalized spacial score (nSPS) is 28.7. The van der Waals surface area contributed by atoms with Crippen molar-refractivity contribution in [3.8, 4) is 0 Å². The Bertz CT molecular complexity index is 534. The van der Waals surface area contributed by atoms with Crippen LogP contribution in [0.15, 0.2) is 12.3 Å². The van der Waals surface area contributed by atoms with Crippen molar-refractivity contribution < 1.29 is 4.92 Å². The molecule has 3 heterocycles. The van der Waals surface area contributed by atoms with Crippen molar-refractivity contribution >= 4 is 11.5 Å². The van der Waals surface area contributed by atoms with Gasteiger partial charge in [-0.3, -0.25) is 10.1 Å². The predicted octanol–water partition coefficient (Wildman–Crippen LogP) is 1.73. The van der Waals surface area contributed by atoms with Gasteiger partial charge in [0, 0.05) is 37.4 Å². The molecule has 2 saturated heterocycles. The van der Waals surface area contributed by atoms with Gasteiger partial charge in [-0.05, 0) is 25.2 Å². The number of hydrogen-bond acceptors (Lipinski definition) is 5. The number of pyridine rings is 1. The Morgan fingerprint density at radius 2 is 2.35 bits per heavy atom. The van der Waals surface area contributed by atoms with Crippen molar-refractivity contribution in [3.05, 3.63) is 27.9 Å². The second-order valence-electron chi connectivity index (χ2n) is 5.80. The lowest BCUT2D eigenvalue weighted by Gasteiger charge is -2.27. The van der Waals surface area contributed by atoms with E-state index in [0.717, 1.165) is 31.9 Å². The van der Waals surface area contributed by atoms with Gasteiger partial charge in [0.2, 0.25) is 0 Å². The Balaban J connectivity index is 1.93. The molecule has 0 spiro atoms. The zero-order valence-electron chi connectivity index (χ0n) is 11.9. The maximum Gasteiger partial charge on any atom is 0.277 e. The monoisotopic (exact) mass is 276 g/mol. The summed E-state index contributed by atoms with van der Waals surface area (Å²) in [7, 11) is 0. The fraction of sp³-hybridized carbons (Fsp3) is 0.643. The Labute approximate surface area is 118 Å². The van der Waals surface area contributed by atoms with Crippen LogP contribution in [0.25, 0.3) is 0 Å². The minimum absolute atomic E-state index is 0.167. The number of aromatic nitrogens is 1. The maximum atomic E-state index is 11.1. The molecule has 0 amide bonds. The third kappa shape index (κ3) is 2.04. The number of nitrogens with one attached hydrogen (secondary N) is 1. The van der Waals surface area contributed by atoms with Crippen molar-refractivity contribution in [1.82, 2.24) is 10.3 Å². The molecule has 2 aliphatic rings. The van der Waals surface area contributed by atoms with Crippen LogP contribution in [0.5, 0.6) is 0 Å². The molecule has 0 radical (unpaired) electrons. The fourth-order valence-electron chi connectivity index (χ4n) is 3.67. The molecule has 2 aliphatic heterocycles. The summed E-state index contributed by atoms with van der Waals surface area (Å²) in [6.45, 7) is 6.96. The molecule has 0 bridgehead atoms. The van der Waals surface area contributed by atoms with Gasteiger partial charge in [0.25, 0.3) is 5.69 Å². The lowest BCUT2D eigenvalue weighted by Crippen LogP contribution is -2.35. The molecular formula is C14H20N4O2. The molecule has 0 aliphatic carbocycles. The number of anilines is 1. The van der Waals surface area contributed by atoms with E-state index in [2.05, 4.69) is 22.1 Å². The summed E-state index contributed by atoms with van der Waals surface area (Å²) in [6.07, 6.45) is 2.67. The average Bonchev–Trinajstić information content (AvgIpc) is 2.98. The molecule has 3 rings (SSSR count). The largest absolute Gasteiger partial charge is 0.353 e. The summed E-state index contributed by atoms with van der Waals surface area (Å²) in [6, 6.07) is 2.07. The minimum atomic E-state index is -0.320. The van der Waals surface area contributed by atoms with Gasteiger partial charge in [-0.15, -0.1) is 0 Å². The molecule has 1 aromatic rings. The van der Waals surface area contributed by atoms with Crippen LogP contribution in [-0.2, 0) is 0 Å². The molecule has 1 aromatic heterocycles. The molecule has 0 saturated carbocycles. The van der Waals surface area contributed by atoms with Crippen LogP contribution in [0.2, 0.25) is 0 Å². The highest BCUT2D eigenvalue weighted by molar-refractivity contribution is 5.52. The number of nitro groups is 1. The highest BCUT2D eigenvalue weighted by Crippen LogP contribution is 2.37.